The Labute approximate surface area is 107 Å². The second-order valence-electron chi connectivity index (χ2n) is 4.49. The van der Waals surface area contributed by atoms with E-state index in [9.17, 15) is 0 Å². The van der Waals surface area contributed by atoms with Crippen LogP contribution in [-0.4, -0.2) is 23.1 Å². The Morgan fingerprint density at radius 3 is 2.83 bits per heavy atom. The van der Waals surface area contributed by atoms with E-state index >= 15 is 0 Å². The van der Waals surface area contributed by atoms with Crippen molar-refractivity contribution in [1.29, 1.82) is 0 Å². The normalized spacial score (nSPS) is 17.3. The Kier molecular flexibility index (Phi) is 2.81. The van der Waals surface area contributed by atoms with Crippen molar-refractivity contribution in [3.8, 4) is 0 Å². The summed E-state index contributed by atoms with van der Waals surface area (Å²) in [4.78, 5) is 10.7. The summed E-state index contributed by atoms with van der Waals surface area (Å²) in [5, 5.41) is 0. The molecule has 0 saturated heterocycles. The van der Waals surface area contributed by atoms with Crippen LogP contribution in [0.3, 0.4) is 0 Å². The highest BCUT2D eigenvalue weighted by molar-refractivity contribution is 5.57. The molecule has 0 aromatic carbocycles. The molecular formula is C15H15N3. The first-order chi connectivity index (χ1) is 8.84. The van der Waals surface area contributed by atoms with Crippen LogP contribution in [0.1, 0.15) is 11.3 Å². The van der Waals surface area contributed by atoms with Crippen LogP contribution in [0.15, 0.2) is 48.9 Å². The Bertz CT molecular complexity index is 563. The van der Waals surface area contributed by atoms with E-state index in [-0.39, 0.29) is 0 Å². The summed E-state index contributed by atoms with van der Waals surface area (Å²) >= 11 is 0. The first-order valence-corrected chi connectivity index (χ1v) is 6.09. The SMILES string of the molecule is CN(c1ccncc1)C1C=Cc2ncccc2C1. The maximum atomic E-state index is 4.37. The lowest BCUT2D eigenvalue weighted by Crippen LogP contribution is -2.33. The van der Waals surface area contributed by atoms with Gasteiger partial charge in [0.2, 0.25) is 0 Å². The highest BCUT2D eigenvalue weighted by Gasteiger charge is 2.18. The van der Waals surface area contributed by atoms with E-state index in [1.807, 2.05) is 36.8 Å². The molecule has 0 spiro atoms. The van der Waals surface area contributed by atoms with Gasteiger partial charge in [-0.3, -0.25) is 9.97 Å². The van der Waals surface area contributed by atoms with Crippen molar-refractivity contribution in [3.05, 3.63) is 60.2 Å². The Hall–Kier alpha value is -2.16. The molecule has 3 rings (SSSR count). The van der Waals surface area contributed by atoms with E-state index in [1.165, 1.54) is 11.3 Å². The fourth-order valence-corrected chi connectivity index (χ4v) is 2.31. The minimum absolute atomic E-state index is 0.379. The molecule has 1 atom stereocenters. The van der Waals surface area contributed by atoms with Gasteiger partial charge in [-0.1, -0.05) is 12.1 Å². The largest absolute Gasteiger partial charge is 0.368 e. The summed E-state index contributed by atoms with van der Waals surface area (Å²) in [6, 6.07) is 8.60. The second kappa shape index (κ2) is 4.61. The van der Waals surface area contributed by atoms with Crippen molar-refractivity contribution >= 4 is 11.8 Å². The highest BCUT2D eigenvalue weighted by atomic mass is 15.1. The molecule has 1 aliphatic carbocycles. The molecule has 0 fully saturated rings. The van der Waals surface area contributed by atoms with E-state index < -0.39 is 0 Å². The molecule has 3 nitrogen and oxygen atoms in total. The van der Waals surface area contributed by atoms with Crippen molar-refractivity contribution in [2.45, 2.75) is 12.5 Å². The number of aromatic nitrogens is 2. The predicted octanol–water partition coefficient (Wildman–Crippen LogP) is 2.55. The molecule has 90 valence electrons. The van der Waals surface area contributed by atoms with Crippen LogP contribution in [0, 0.1) is 0 Å². The van der Waals surface area contributed by atoms with Crippen molar-refractivity contribution in [3.63, 3.8) is 0 Å². The number of anilines is 1. The van der Waals surface area contributed by atoms with Crippen molar-refractivity contribution in [2.24, 2.45) is 0 Å². The van der Waals surface area contributed by atoms with Gasteiger partial charge in [-0.2, -0.15) is 0 Å². The van der Waals surface area contributed by atoms with Gasteiger partial charge in [-0.05, 0) is 36.3 Å². The average Bonchev–Trinajstić information content (AvgIpc) is 2.47. The van der Waals surface area contributed by atoms with Crippen molar-refractivity contribution in [1.82, 2.24) is 9.97 Å². The van der Waals surface area contributed by atoms with E-state index in [4.69, 9.17) is 0 Å². The second-order valence-corrected chi connectivity index (χ2v) is 4.49. The lowest BCUT2D eigenvalue weighted by atomic mass is 9.97. The molecule has 0 N–H and O–H groups in total. The predicted molar refractivity (Wildman–Crippen MR) is 73.4 cm³/mol. The lowest BCUT2D eigenvalue weighted by Gasteiger charge is -2.30. The summed E-state index contributed by atoms with van der Waals surface area (Å²) < 4.78 is 0. The molecule has 0 amide bonds. The van der Waals surface area contributed by atoms with Crippen LogP contribution in [-0.2, 0) is 6.42 Å². The third kappa shape index (κ3) is 1.99. The van der Waals surface area contributed by atoms with Crippen molar-refractivity contribution < 1.29 is 0 Å². The van der Waals surface area contributed by atoms with Crippen LogP contribution in [0.4, 0.5) is 5.69 Å². The zero-order valence-corrected chi connectivity index (χ0v) is 10.3. The number of rotatable bonds is 2. The molecule has 2 heterocycles. The van der Waals surface area contributed by atoms with E-state index in [2.05, 4.69) is 40.1 Å². The monoisotopic (exact) mass is 237 g/mol. The summed E-state index contributed by atoms with van der Waals surface area (Å²) in [5.74, 6) is 0. The van der Waals surface area contributed by atoms with Gasteiger partial charge in [0.25, 0.3) is 0 Å². The molecular weight excluding hydrogens is 222 g/mol. The number of likely N-dealkylation sites (N-methyl/N-ethyl adjacent to an activating group) is 1. The maximum Gasteiger partial charge on any atom is 0.0660 e. The zero-order chi connectivity index (χ0) is 12.4. The quantitative estimate of drug-likeness (QED) is 0.803. The summed E-state index contributed by atoms with van der Waals surface area (Å²) in [6.45, 7) is 0. The van der Waals surface area contributed by atoms with E-state index in [1.54, 1.807) is 0 Å². The van der Waals surface area contributed by atoms with Crippen LogP contribution in [0.25, 0.3) is 6.08 Å². The van der Waals surface area contributed by atoms with E-state index in [0.29, 0.717) is 6.04 Å². The van der Waals surface area contributed by atoms with E-state index in [0.717, 1.165) is 12.1 Å². The Morgan fingerprint density at radius 2 is 2.00 bits per heavy atom. The lowest BCUT2D eigenvalue weighted by molar-refractivity contribution is 0.733. The minimum Gasteiger partial charge on any atom is -0.368 e. The van der Waals surface area contributed by atoms with Crippen LogP contribution >= 0.6 is 0 Å². The van der Waals surface area contributed by atoms with Crippen LogP contribution in [0.5, 0.6) is 0 Å². The average molecular weight is 237 g/mol. The minimum atomic E-state index is 0.379. The Morgan fingerprint density at radius 1 is 1.17 bits per heavy atom. The number of fused-ring (bicyclic) bond motifs is 1. The summed E-state index contributed by atoms with van der Waals surface area (Å²) in [6.07, 6.45) is 10.8. The van der Waals surface area contributed by atoms with Gasteiger partial charge in [0.05, 0.1) is 11.7 Å². The zero-order valence-electron chi connectivity index (χ0n) is 10.3. The smallest absolute Gasteiger partial charge is 0.0660 e. The van der Waals surface area contributed by atoms with Gasteiger partial charge in [0.15, 0.2) is 0 Å². The number of hydrogen-bond donors (Lipinski definition) is 0. The van der Waals surface area contributed by atoms with Crippen LogP contribution in [0.2, 0.25) is 0 Å². The third-order valence-corrected chi connectivity index (χ3v) is 3.40. The molecule has 0 bridgehead atoms. The van der Waals surface area contributed by atoms with Gasteiger partial charge in [-0.25, -0.2) is 0 Å². The molecule has 2 aromatic heterocycles. The Balaban J connectivity index is 1.85. The molecule has 0 radical (unpaired) electrons. The topological polar surface area (TPSA) is 29.0 Å². The fraction of sp³-hybridized carbons (Fsp3) is 0.200. The molecule has 1 aliphatic rings. The number of pyridine rings is 2. The summed E-state index contributed by atoms with van der Waals surface area (Å²) in [7, 11) is 2.12. The molecule has 1 unspecified atom stereocenters. The van der Waals surface area contributed by atoms with Gasteiger partial charge >= 0.3 is 0 Å². The van der Waals surface area contributed by atoms with Gasteiger partial charge in [0.1, 0.15) is 0 Å². The molecule has 3 heteroatoms. The standard InChI is InChI=1S/C15H15N3/c1-18(13-6-9-16-10-7-13)14-4-5-15-12(11-14)3-2-8-17-15/h2-10,14H,11H2,1H3. The van der Waals surface area contributed by atoms with Crippen LogP contribution < -0.4 is 4.90 Å². The van der Waals surface area contributed by atoms with Gasteiger partial charge < -0.3 is 4.90 Å². The first-order valence-electron chi connectivity index (χ1n) is 6.09. The highest BCUT2D eigenvalue weighted by Crippen LogP contribution is 2.23. The third-order valence-electron chi connectivity index (χ3n) is 3.40. The van der Waals surface area contributed by atoms with Crippen molar-refractivity contribution in [2.75, 3.05) is 11.9 Å². The fourth-order valence-electron chi connectivity index (χ4n) is 2.31. The molecule has 18 heavy (non-hydrogen) atoms. The number of hydrogen-bond acceptors (Lipinski definition) is 3. The number of nitrogens with zero attached hydrogens (tertiary/aromatic N) is 3. The molecule has 0 saturated carbocycles. The van der Waals surface area contributed by atoms with Gasteiger partial charge in [-0.15, -0.1) is 0 Å². The summed E-state index contributed by atoms with van der Waals surface area (Å²) in [5.41, 5.74) is 3.59. The molecule has 0 aliphatic heterocycles. The molecule has 2 aromatic rings. The first kappa shape index (κ1) is 11.0. The van der Waals surface area contributed by atoms with Gasteiger partial charge in [0, 0.05) is 31.3 Å². The maximum absolute atomic E-state index is 4.37.